The predicted molar refractivity (Wildman–Crippen MR) is 80.8 cm³/mol. The van der Waals surface area contributed by atoms with Gasteiger partial charge in [-0.1, -0.05) is 25.5 Å². The lowest BCUT2D eigenvalue weighted by Gasteiger charge is -2.40. The molecule has 0 aliphatic carbocycles. The van der Waals surface area contributed by atoms with E-state index < -0.39 is 11.5 Å². The van der Waals surface area contributed by atoms with Gasteiger partial charge in [-0.15, -0.1) is 0 Å². The molecule has 4 N–H and O–H groups in total. The van der Waals surface area contributed by atoms with Crippen LogP contribution in [0.5, 0.6) is 0 Å². The lowest BCUT2D eigenvalue weighted by Crippen LogP contribution is -2.53. The molecule has 1 aromatic rings. The number of anilines is 1. The van der Waals surface area contributed by atoms with Crippen molar-refractivity contribution in [2.24, 2.45) is 5.41 Å². The molecule has 0 saturated carbocycles. The third kappa shape index (κ3) is 1.98. The van der Waals surface area contributed by atoms with Crippen molar-refractivity contribution in [1.82, 2.24) is 10.6 Å². The van der Waals surface area contributed by atoms with Crippen LogP contribution < -0.4 is 16.4 Å². The lowest BCUT2D eigenvalue weighted by atomic mass is 9.68. The lowest BCUT2D eigenvalue weighted by molar-refractivity contribution is -0.144. The average molecular weight is 301 g/mol. The maximum absolute atomic E-state index is 12.6. The van der Waals surface area contributed by atoms with Gasteiger partial charge in [0.05, 0.1) is 17.0 Å². The van der Waals surface area contributed by atoms with Gasteiger partial charge in [0.1, 0.15) is 0 Å². The number of carbonyl (C=O) groups excluding carboxylic acids is 3. The van der Waals surface area contributed by atoms with Crippen molar-refractivity contribution in [3.8, 4) is 0 Å². The summed E-state index contributed by atoms with van der Waals surface area (Å²) in [6.07, 6.45) is 2.11. The van der Waals surface area contributed by atoms with E-state index in [1.807, 2.05) is 13.0 Å². The van der Waals surface area contributed by atoms with Crippen LogP contribution in [-0.2, 0) is 9.59 Å². The first-order valence-electron chi connectivity index (χ1n) is 7.53. The zero-order valence-corrected chi connectivity index (χ0v) is 12.4. The highest BCUT2D eigenvalue weighted by Gasteiger charge is 2.52. The van der Waals surface area contributed by atoms with E-state index >= 15 is 0 Å². The summed E-state index contributed by atoms with van der Waals surface area (Å²) in [6, 6.07) is 4.85. The summed E-state index contributed by atoms with van der Waals surface area (Å²) < 4.78 is 0. The summed E-state index contributed by atoms with van der Waals surface area (Å²) in [4.78, 5) is 36.4. The Labute approximate surface area is 128 Å². The van der Waals surface area contributed by atoms with Crippen LogP contribution in [0.15, 0.2) is 18.2 Å². The summed E-state index contributed by atoms with van der Waals surface area (Å²) in [5, 5.41) is 5.34. The van der Waals surface area contributed by atoms with Crippen molar-refractivity contribution in [3.05, 3.63) is 29.3 Å². The molecule has 3 rings (SSSR count). The number of nitrogen functional groups attached to an aromatic ring is 1. The Morgan fingerprint density at radius 2 is 2.09 bits per heavy atom. The standard InChI is InChI=1S/C16H19N3O3/c1-2-7-16(8-6-11(20)18-15(16)22)13-9-4-3-5-10(17)12(9)14(21)19-13/h3-5,13H,2,6-8,17H2,1H3,(H,19,21)(H,18,20,22). The number of benzene rings is 1. The highest BCUT2D eigenvalue weighted by atomic mass is 16.2. The Balaban J connectivity index is 2.09. The van der Waals surface area contributed by atoms with E-state index in [4.69, 9.17) is 5.73 Å². The highest BCUT2D eigenvalue weighted by Crippen LogP contribution is 2.48. The molecule has 2 unspecified atom stereocenters. The topological polar surface area (TPSA) is 101 Å². The Hall–Kier alpha value is -2.37. The second kappa shape index (κ2) is 5.12. The molecule has 6 nitrogen and oxygen atoms in total. The molecule has 22 heavy (non-hydrogen) atoms. The molecule has 0 spiro atoms. The van der Waals surface area contributed by atoms with Crippen molar-refractivity contribution in [3.63, 3.8) is 0 Å². The van der Waals surface area contributed by atoms with Crippen molar-refractivity contribution >= 4 is 23.4 Å². The summed E-state index contributed by atoms with van der Waals surface area (Å²) in [7, 11) is 0. The summed E-state index contributed by atoms with van der Waals surface area (Å²) >= 11 is 0. The normalized spacial score (nSPS) is 27.3. The molecule has 2 atom stereocenters. The van der Waals surface area contributed by atoms with Crippen LogP contribution in [0.3, 0.4) is 0 Å². The number of nitrogens with two attached hydrogens (primary N) is 1. The van der Waals surface area contributed by atoms with Crippen LogP contribution in [0.4, 0.5) is 5.69 Å². The minimum absolute atomic E-state index is 0.252. The van der Waals surface area contributed by atoms with Gasteiger partial charge >= 0.3 is 0 Å². The number of nitrogens with one attached hydrogen (secondary N) is 2. The number of carbonyl (C=O) groups is 3. The largest absolute Gasteiger partial charge is 0.398 e. The number of hydrogen-bond acceptors (Lipinski definition) is 4. The zero-order valence-electron chi connectivity index (χ0n) is 12.4. The number of imide groups is 1. The van der Waals surface area contributed by atoms with Crippen LogP contribution in [0, 0.1) is 5.41 Å². The molecule has 1 fully saturated rings. The zero-order chi connectivity index (χ0) is 15.9. The van der Waals surface area contributed by atoms with E-state index in [0.29, 0.717) is 24.1 Å². The number of rotatable bonds is 3. The molecule has 2 heterocycles. The molecule has 3 amide bonds. The van der Waals surface area contributed by atoms with Crippen molar-refractivity contribution in [1.29, 1.82) is 0 Å². The first-order chi connectivity index (χ1) is 10.5. The Morgan fingerprint density at radius 1 is 1.32 bits per heavy atom. The summed E-state index contributed by atoms with van der Waals surface area (Å²) in [5.74, 6) is -0.807. The van der Waals surface area contributed by atoms with E-state index in [0.717, 1.165) is 12.0 Å². The van der Waals surface area contributed by atoms with Gasteiger partial charge in [0.15, 0.2) is 0 Å². The van der Waals surface area contributed by atoms with Crippen LogP contribution in [0.1, 0.15) is 54.6 Å². The van der Waals surface area contributed by atoms with Gasteiger partial charge < -0.3 is 11.1 Å². The van der Waals surface area contributed by atoms with Gasteiger partial charge in [-0.2, -0.15) is 0 Å². The van der Waals surface area contributed by atoms with Crippen LogP contribution in [0.2, 0.25) is 0 Å². The molecule has 0 aromatic heterocycles. The van der Waals surface area contributed by atoms with Crippen LogP contribution in [0.25, 0.3) is 0 Å². The van der Waals surface area contributed by atoms with Gasteiger partial charge in [0.25, 0.3) is 5.91 Å². The van der Waals surface area contributed by atoms with Gasteiger partial charge in [-0.25, -0.2) is 0 Å². The fourth-order valence-corrected chi connectivity index (χ4v) is 3.68. The molecule has 1 aromatic carbocycles. The van der Waals surface area contributed by atoms with Crippen LogP contribution in [-0.4, -0.2) is 17.7 Å². The number of piperidine rings is 1. The van der Waals surface area contributed by atoms with E-state index in [1.54, 1.807) is 12.1 Å². The SMILES string of the molecule is CCCC1(C2NC(=O)c3c(N)cccc32)CCC(=O)NC1=O. The smallest absolute Gasteiger partial charge is 0.254 e. The maximum atomic E-state index is 12.6. The van der Waals surface area contributed by atoms with E-state index in [-0.39, 0.29) is 24.1 Å². The first-order valence-corrected chi connectivity index (χ1v) is 7.53. The Morgan fingerprint density at radius 3 is 2.77 bits per heavy atom. The Bertz CT molecular complexity index is 671. The predicted octanol–water partition coefficient (Wildman–Crippen LogP) is 1.28. The molecule has 2 aliphatic heterocycles. The fraction of sp³-hybridized carbons (Fsp3) is 0.438. The monoisotopic (exact) mass is 301 g/mol. The van der Waals surface area contributed by atoms with Gasteiger partial charge in [-0.05, 0) is 24.5 Å². The fourth-order valence-electron chi connectivity index (χ4n) is 3.68. The van der Waals surface area contributed by atoms with Crippen molar-refractivity contribution < 1.29 is 14.4 Å². The van der Waals surface area contributed by atoms with E-state index in [1.165, 1.54) is 0 Å². The van der Waals surface area contributed by atoms with Crippen molar-refractivity contribution in [2.45, 2.75) is 38.6 Å². The molecule has 116 valence electrons. The third-order valence-electron chi connectivity index (χ3n) is 4.69. The Kier molecular flexibility index (Phi) is 3.39. The molecule has 0 bridgehead atoms. The maximum Gasteiger partial charge on any atom is 0.254 e. The molecule has 2 aliphatic rings. The van der Waals surface area contributed by atoms with Crippen molar-refractivity contribution in [2.75, 3.05) is 5.73 Å². The van der Waals surface area contributed by atoms with E-state index in [2.05, 4.69) is 10.6 Å². The van der Waals surface area contributed by atoms with Crippen LogP contribution >= 0.6 is 0 Å². The molecule has 6 heteroatoms. The second-order valence-corrected chi connectivity index (χ2v) is 6.00. The minimum Gasteiger partial charge on any atom is -0.398 e. The average Bonchev–Trinajstić information content (AvgIpc) is 2.81. The van der Waals surface area contributed by atoms with Gasteiger partial charge in [0.2, 0.25) is 11.8 Å². The van der Waals surface area contributed by atoms with E-state index in [9.17, 15) is 14.4 Å². The molecular weight excluding hydrogens is 282 g/mol. The number of amides is 3. The number of hydrogen-bond donors (Lipinski definition) is 3. The first kappa shape index (κ1) is 14.6. The quantitative estimate of drug-likeness (QED) is 0.578. The van der Waals surface area contributed by atoms with Gasteiger partial charge in [0, 0.05) is 12.1 Å². The molecular formula is C16H19N3O3. The third-order valence-corrected chi connectivity index (χ3v) is 4.69. The molecule has 0 radical (unpaired) electrons. The minimum atomic E-state index is -0.794. The molecule has 1 saturated heterocycles. The highest BCUT2D eigenvalue weighted by molar-refractivity contribution is 6.06. The number of fused-ring (bicyclic) bond motifs is 1. The summed E-state index contributed by atoms with van der Waals surface area (Å²) in [6.45, 7) is 1.99. The summed E-state index contributed by atoms with van der Waals surface area (Å²) in [5.41, 5.74) is 6.74. The van der Waals surface area contributed by atoms with Gasteiger partial charge in [-0.3, -0.25) is 19.7 Å². The second-order valence-electron chi connectivity index (χ2n) is 6.00.